The molecule has 17 heavy (non-hydrogen) atoms. The van der Waals surface area contributed by atoms with Gasteiger partial charge in [0.2, 0.25) is 5.91 Å². The van der Waals surface area contributed by atoms with Crippen molar-refractivity contribution in [1.29, 1.82) is 0 Å². The van der Waals surface area contributed by atoms with Gasteiger partial charge in [0.05, 0.1) is 6.04 Å². The molecule has 0 aromatic heterocycles. The van der Waals surface area contributed by atoms with Crippen LogP contribution >= 0.6 is 0 Å². The molecule has 0 radical (unpaired) electrons. The van der Waals surface area contributed by atoms with Crippen molar-refractivity contribution in [3.63, 3.8) is 0 Å². The van der Waals surface area contributed by atoms with E-state index in [9.17, 15) is 9.59 Å². The maximum Gasteiger partial charge on any atom is 0.314 e. The smallest absolute Gasteiger partial charge is 0.314 e. The lowest BCUT2D eigenvalue weighted by molar-refractivity contribution is -0.120. The van der Waals surface area contributed by atoms with Crippen LogP contribution in [0.25, 0.3) is 0 Å². The molecular formula is C11H20N4O2. The Morgan fingerprint density at radius 1 is 1.35 bits per heavy atom. The average Bonchev–Trinajstić information content (AvgIpc) is 2.68. The quantitative estimate of drug-likeness (QED) is 0.569. The molecule has 6 nitrogen and oxygen atoms in total. The van der Waals surface area contributed by atoms with Gasteiger partial charge in [0.25, 0.3) is 0 Å². The molecule has 3 unspecified atom stereocenters. The molecule has 6 heteroatoms. The molecule has 2 heterocycles. The number of urea groups is 1. The molecule has 0 saturated carbocycles. The molecule has 0 aliphatic carbocycles. The van der Waals surface area contributed by atoms with E-state index in [2.05, 4.69) is 12.2 Å². The van der Waals surface area contributed by atoms with Gasteiger partial charge in [0, 0.05) is 18.6 Å². The highest BCUT2D eigenvalue weighted by Crippen LogP contribution is 2.37. The molecule has 0 aromatic carbocycles. The number of nitrogens with two attached hydrogens (primary N) is 2. The summed E-state index contributed by atoms with van der Waals surface area (Å²) in [5, 5.41) is 3.36. The van der Waals surface area contributed by atoms with Crippen molar-refractivity contribution in [3.05, 3.63) is 0 Å². The maximum absolute atomic E-state index is 11.2. The van der Waals surface area contributed by atoms with Crippen molar-refractivity contribution in [2.75, 3.05) is 13.1 Å². The Labute approximate surface area is 101 Å². The van der Waals surface area contributed by atoms with Gasteiger partial charge in [-0.05, 0) is 25.2 Å². The number of likely N-dealkylation sites (tertiary alicyclic amines) is 1. The normalized spacial score (nSPS) is 37.4. The molecule has 2 rings (SSSR count). The van der Waals surface area contributed by atoms with Crippen molar-refractivity contribution < 1.29 is 9.59 Å². The zero-order valence-corrected chi connectivity index (χ0v) is 10.1. The molecule has 3 amide bonds. The van der Waals surface area contributed by atoms with Gasteiger partial charge in [-0.3, -0.25) is 10.1 Å². The van der Waals surface area contributed by atoms with Gasteiger partial charge in [-0.15, -0.1) is 0 Å². The number of nitrogens with zero attached hydrogens (tertiary/aromatic N) is 1. The van der Waals surface area contributed by atoms with E-state index < -0.39 is 0 Å². The van der Waals surface area contributed by atoms with Crippen LogP contribution in [0.3, 0.4) is 0 Å². The predicted octanol–water partition coefficient (Wildman–Crippen LogP) is -0.617. The zero-order chi connectivity index (χ0) is 12.6. The van der Waals surface area contributed by atoms with Crippen molar-refractivity contribution >= 4 is 11.9 Å². The summed E-state index contributed by atoms with van der Waals surface area (Å²) in [6.45, 7) is 3.39. The van der Waals surface area contributed by atoms with E-state index in [1.54, 1.807) is 4.90 Å². The third-order valence-corrected chi connectivity index (χ3v) is 4.26. The summed E-state index contributed by atoms with van der Waals surface area (Å²) in [5.41, 5.74) is 10.6. The molecule has 0 aromatic rings. The van der Waals surface area contributed by atoms with Gasteiger partial charge >= 0.3 is 6.03 Å². The van der Waals surface area contributed by atoms with E-state index >= 15 is 0 Å². The summed E-state index contributed by atoms with van der Waals surface area (Å²) < 4.78 is 0. The average molecular weight is 240 g/mol. The maximum atomic E-state index is 11.2. The fourth-order valence-electron chi connectivity index (χ4n) is 3.07. The van der Waals surface area contributed by atoms with Crippen LogP contribution in [0.1, 0.15) is 26.2 Å². The summed E-state index contributed by atoms with van der Waals surface area (Å²) in [5.74, 6) is -0.000458. The molecule has 0 bridgehead atoms. The van der Waals surface area contributed by atoms with Crippen molar-refractivity contribution in [2.45, 2.75) is 37.8 Å². The van der Waals surface area contributed by atoms with Gasteiger partial charge in [0.15, 0.2) is 0 Å². The summed E-state index contributed by atoms with van der Waals surface area (Å²) in [4.78, 5) is 24.0. The molecule has 1 spiro atoms. The SMILES string of the molecule is CC1CN(C(N)=O)CCC12CCC(C(N)=O)N2. The highest BCUT2D eigenvalue weighted by Gasteiger charge is 2.47. The monoisotopic (exact) mass is 240 g/mol. The summed E-state index contributed by atoms with van der Waals surface area (Å²) in [6, 6.07) is -0.589. The Kier molecular flexibility index (Phi) is 2.99. The number of piperidine rings is 1. The molecular weight excluding hydrogens is 220 g/mol. The lowest BCUT2D eigenvalue weighted by atomic mass is 9.78. The first-order valence-electron chi connectivity index (χ1n) is 6.06. The van der Waals surface area contributed by atoms with Gasteiger partial charge in [-0.25, -0.2) is 4.79 Å². The molecule has 3 atom stereocenters. The van der Waals surface area contributed by atoms with Crippen LogP contribution < -0.4 is 16.8 Å². The summed E-state index contributed by atoms with van der Waals surface area (Å²) >= 11 is 0. The first-order chi connectivity index (χ1) is 7.94. The number of amides is 3. The first kappa shape index (κ1) is 12.2. The second kappa shape index (κ2) is 4.18. The van der Waals surface area contributed by atoms with E-state index in [1.807, 2.05) is 0 Å². The zero-order valence-electron chi connectivity index (χ0n) is 10.1. The number of hydrogen-bond donors (Lipinski definition) is 3. The van der Waals surface area contributed by atoms with Crippen LogP contribution in [0.5, 0.6) is 0 Å². The molecule has 2 fully saturated rings. The summed E-state index contributed by atoms with van der Waals surface area (Å²) in [6.07, 6.45) is 2.56. The highest BCUT2D eigenvalue weighted by molar-refractivity contribution is 5.80. The van der Waals surface area contributed by atoms with Crippen LogP contribution in [0.2, 0.25) is 0 Å². The van der Waals surface area contributed by atoms with Crippen molar-refractivity contribution in [1.82, 2.24) is 10.2 Å². The topological polar surface area (TPSA) is 101 Å². The van der Waals surface area contributed by atoms with Gasteiger partial charge < -0.3 is 16.4 Å². The van der Waals surface area contributed by atoms with Crippen LogP contribution in [0.4, 0.5) is 4.79 Å². The number of nitrogens with one attached hydrogen (secondary N) is 1. The van der Waals surface area contributed by atoms with Crippen molar-refractivity contribution in [2.24, 2.45) is 17.4 Å². The number of hydrogen-bond acceptors (Lipinski definition) is 3. The number of carbonyl (C=O) groups excluding carboxylic acids is 2. The minimum absolute atomic E-state index is 0.0500. The standard InChI is InChI=1S/C11H20N4O2/c1-7-6-15(10(13)17)5-4-11(7)3-2-8(14-11)9(12)16/h7-8,14H,2-6H2,1H3,(H2,12,16)(H2,13,17). The Morgan fingerprint density at radius 2 is 2.06 bits per heavy atom. The lowest BCUT2D eigenvalue weighted by Crippen LogP contribution is -2.60. The third kappa shape index (κ3) is 2.09. The number of carbonyl (C=O) groups is 2. The predicted molar refractivity (Wildman–Crippen MR) is 63.0 cm³/mol. The van der Waals surface area contributed by atoms with Gasteiger partial charge in [0.1, 0.15) is 0 Å². The van der Waals surface area contributed by atoms with Gasteiger partial charge in [-0.2, -0.15) is 0 Å². The molecule has 5 N–H and O–H groups in total. The van der Waals surface area contributed by atoms with E-state index in [0.29, 0.717) is 13.1 Å². The Balaban J connectivity index is 2.04. The van der Waals surface area contributed by atoms with Crippen LogP contribution in [0.15, 0.2) is 0 Å². The molecule has 2 saturated heterocycles. The second-order valence-electron chi connectivity index (χ2n) is 5.23. The minimum atomic E-state index is -0.365. The fraction of sp³-hybridized carbons (Fsp3) is 0.818. The first-order valence-corrected chi connectivity index (χ1v) is 6.06. The fourth-order valence-corrected chi connectivity index (χ4v) is 3.07. The highest BCUT2D eigenvalue weighted by atomic mass is 16.2. The van der Waals surface area contributed by atoms with E-state index in [-0.39, 0.29) is 29.4 Å². The molecule has 2 aliphatic rings. The molecule has 96 valence electrons. The van der Waals surface area contributed by atoms with E-state index in [0.717, 1.165) is 19.3 Å². The largest absolute Gasteiger partial charge is 0.368 e. The van der Waals surface area contributed by atoms with Crippen LogP contribution in [0, 0.1) is 5.92 Å². The number of primary amides is 2. The third-order valence-electron chi connectivity index (χ3n) is 4.26. The lowest BCUT2D eigenvalue weighted by Gasteiger charge is -2.44. The van der Waals surface area contributed by atoms with E-state index in [1.165, 1.54) is 0 Å². The van der Waals surface area contributed by atoms with Crippen LogP contribution in [-0.2, 0) is 4.79 Å². The second-order valence-corrected chi connectivity index (χ2v) is 5.23. The Bertz CT molecular complexity index is 346. The van der Waals surface area contributed by atoms with Crippen molar-refractivity contribution in [3.8, 4) is 0 Å². The summed E-state index contributed by atoms with van der Waals surface area (Å²) in [7, 11) is 0. The number of rotatable bonds is 1. The van der Waals surface area contributed by atoms with Gasteiger partial charge in [-0.1, -0.05) is 6.92 Å². The minimum Gasteiger partial charge on any atom is -0.368 e. The Hall–Kier alpha value is -1.30. The van der Waals surface area contributed by atoms with Crippen LogP contribution in [-0.4, -0.2) is 41.5 Å². The van der Waals surface area contributed by atoms with E-state index in [4.69, 9.17) is 11.5 Å². The molecule has 2 aliphatic heterocycles. The Morgan fingerprint density at radius 3 is 2.53 bits per heavy atom.